The molecular weight excluding hydrogens is 230 g/mol. The number of rotatable bonds is 6. The van der Waals surface area contributed by atoms with Crippen molar-refractivity contribution in [3.8, 4) is 11.5 Å². The molecule has 1 unspecified atom stereocenters. The van der Waals surface area contributed by atoms with Crippen LogP contribution in [-0.2, 0) is 4.74 Å². The van der Waals surface area contributed by atoms with E-state index in [1.54, 1.807) is 7.11 Å². The quantitative estimate of drug-likeness (QED) is 0.837. The molecule has 1 aromatic carbocycles. The van der Waals surface area contributed by atoms with Crippen LogP contribution in [0.3, 0.4) is 0 Å². The van der Waals surface area contributed by atoms with E-state index in [0.29, 0.717) is 13.2 Å². The maximum absolute atomic E-state index is 5.88. The van der Waals surface area contributed by atoms with E-state index in [0.717, 1.165) is 31.0 Å². The SMILES string of the molecule is CCOc1ccccc1OCC1(OC)CCNC1. The van der Waals surface area contributed by atoms with Crippen molar-refractivity contribution in [3.05, 3.63) is 24.3 Å². The number of para-hydroxylation sites is 2. The number of methoxy groups -OCH3 is 1. The Kier molecular flexibility index (Phi) is 4.44. The third kappa shape index (κ3) is 2.94. The van der Waals surface area contributed by atoms with Crippen LogP contribution in [0.5, 0.6) is 11.5 Å². The standard InChI is InChI=1S/C14H21NO3/c1-3-17-12-6-4-5-7-13(12)18-11-14(16-2)8-9-15-10-14/h4-7,15H,3,8-11H2,1-2H3. The van der Waals surface area contributed by atoms with Crippen molar-refractivity contribution in [2.75, 3.05) is 33.4 Å². The molecule has 0 amide bonds. The Morgan fingerprint density at radius 1 is 1.22 bits per heavy atom. The van der Waals surface area contributed by atoms with Crippen LogP contribution in [0.4, 0.5) is 0 Å². The average Bonchev–Trinajstić information content (AvgIpc) is 2.88. The van der Waals surface area contributed by atoms with E-state index < -0.39 is 0 Å². The van der Waals surface area contributed by atoms with Gasteiger partial charge in [-0.1, -0.05) is 12.1 Å². The minimum absolute atomic E-state index is 0.209. The van der Waals surface area contributed by atoms with Gasteiger partial charge in [0.2, 0.25) is 0 Å². The summed E-state index contributed by atoms with van der Waals surface area (Å²) in [5.41, 5.74) is -0.209. The molecule has 1 fully saturated rings. The number of benzene rings is 1. The molecule has 0 saturated carbocycles. The fourth-order valence-corrected chi connectivity index (χ4v) is 2.13. The lowest BCUT2D eigenvalue weighted by Crippen LogP contribution is -2.40. The van der Waals surface area contributed by atoms with Crippen LogP contribution in [0.1, 0.15) is 13.3 Å². The van der Waals surface area contributed by atoms with E-state index in [4.69, 9.17) is 14.2 Å². The van der Waals surface area contributed by atoms with Gasteiger partial charge in [0, 0.05) is 13.7 Å². The summed E-state index contributed by atoms with van der Waals surface area (Å²) in [6.07, 6.45) is 0.973. The lowest BCUT2D eigenvalue weighted by molar-refractivity contribution is -0.0287. The monoisotopic (exact) mass is 251 g/mol. The van der Waals surface area contributed by atoms with Gasteiger partial charge in [-0.05, 0) is 32.0 Å². The highest BCUT2D eigenvalue weighted by atomic mass is 16.6. The van der Waals surface area contributed by atoms with Crippen LogP contribution in [0.2, 0.25) is 0 Å². The van der Waals surface area contributed by atoms with Gasteiger partial charge >= 0.3 is 0 Å². The lowest BCUT2D eigenvalue weighted by Gasteiger charge is -2.26. The number of nitrogens with one attached hydrogen (secondary N) is 1. The van der Waals surface area contributed by atoms with Gasteiger partial charge in [0.15, 0.2) is 11.5 Å². The first kappa shape index (κ1) is 13.2. The molecule has 1 aromatic rings. The van der Waals surface area contributed by atoms with E-state index in [9.17, 15) is 0 Å². The van der Waals surface area contributed by atoms with Gasteiger partial charge in [0.1, 0.15) is 12.2 Å². The summed E-state index contributed by atoms with van der Waals surface area (Å²) in [5.74, 6) is 1.57. The molecule has 0 aliphatic carbocycles. The molecule has 1 saturated heterocycles. The zero-order chi connectivity index (χ0) is 12.8. The molecule has 0 radical (unpaired) electrons. The Labute approximate surface area is 108 Å². The van der Waals surface area contributed by atoms with E-state index in [1.165, 1.54) is 0 Å². The molecule has 0 aromatic heterocycles. The molecule has 0 bridgehead atoms. The molecule has 2 rings (SSSR count). The maximum Gasteiger partial charge on any atom is 0.161 e. The maximum atomic E-state index is 5.88. The van der Waals surface area contributed by atoms with Crippen molar-refractivity contribution in [3.63, 3.8) is 0 Å². The molecule has 4 heteroatoms. The molecule has 18 heavy (non-hydrogen) atoms. The molecule has 4 nitrogen and oxygen atoms in total. The number of hydrogen-bond donors (Lipinski definition) is 1. The first-order valence-electron chi connectivity index (χ1n) is 6.40. The summed E-state index contributed by atoms with van der Waals surface area (Å²) >= 11 is 0. The average molecular weight is 251 g/mol. The Morgan fingerprint density at radius 2 is 1.94 bits per heavy atom. The second kappa shape index (κ2) is 6.07. The molecular formula is C14H21NO3. The molecule has 1 aliphatic heterocycles. The topological polar surface area (TPSA) is 39.7 Å². The van der Waals surface area contributed by atoms with Gasteiger partial charge in [-0.15, -0.1) is 0 Å². The first-order valence-corrected chi connectivity index (χ1v) is 6.40. The summed E-state index contributed by atoms with van der Waals surface area (Å²) < 4.78 is 17.0. The third-order valence-corrected chi connectivity index (χ3v) is 3.28. The minimum Gasteiger partial charge on any atom is -0.490 e. The number of ether oxygens (including phenoxy) is 3. The summed E-state index contributed by atoms with van der Waals surface area (Å²) in [5, 5.41) is 3.30. The zero-order valence-electron chi connectivity index (χ0n) is 11.1. The Hall–Kier alpha value is -1.26. The van der Waals surface area contributed by atoms with Crippen molar-refractivity contribution in [1.82, 2.24) is 5.32 Å². The fourth-order valence-electron chi connectivity index (χ4n) is 2.13. The number of hydrogen-bond acceptors (Lipinski definition) is 4. The largest absolute Gasteiger partial charge is 0.490 e. The third-order valence-electron chi connectivity index (χ3n) is 3.28. The molecule has 1 N–H and O–H groups in total. The van der Waals surface area contributed by atoms with E-state index in [-0.39, 0.29) is 5.60 Å². The van der Waals surface area contributed by atoms with Crippen molar-refractivity contribution in [2.45, 2.75) is 18.9 Å². The van der Waals surface area contributed by atoms with E-state index >= 15 is 0 Å². The van der Waals surface area contributed by atoms with Crippen LogP contribution in [0, 0.1) is 0 Å². The zero-order valence-corrected chi connectivity index (χ0v) is 11.1. The van der Waals surface area contributed by atoms with Crippen LogP contribution in [0.25, 0.3) is 0 Å². The van der Waals surface area contributed by atoms with Gasteiger partial charge in [-0.25, -0.2) is 0 Å². The van der Waals surface area contributed by atoms with Crippen LogP contribution in [0.15, 0.2) is 24.3 Å². The molecule has 100 valence electrons. The van der Waals surface area contributed by atoms with Gasteiger partial charge in [-0.2, -0.15) is 0 Å². The Morgan fingerprint density at radius 3 is 2.50 bits per heavy atom. The van der Waals surface area contributed by atoms with Gasteiger partial charge in [0.05, 0.1) is 6.61 Å². The van der Waals surface area contributed by atoms with Gasteiger partial charge in [0.25, 0.3) is 0 Å². The predicted molar refractivity (Wildman–Crippen MR) is 70.3 cm³/mol. The highest BCUT2D eigenvalue weighted by molar-refractivity contribution is 5.39. The highest BCUT2D eigenvalue weighted by Crippen LogP contribution is 2.28. The Bertz CT molecular complexity index is 375. The van der Waals surface area contributed by atoms with E-state index in [2.05, 4.69) is 5.32 Å². The van der Waals surface area contributed by atoms with E-state index in [1.807, 2.05) is 31.2 Å². The normalized spacial score (nSPS) is 23.0. The van der Waals surface area contributed by atoms with Crippen LogP contribution < -0.4 is 14.8 Å². The summed E-state index contributed by atoms with van der Waals surface area (Å²) in [7, 11) is 1.74. The first-order chi connectivity index (χ1) is 8.79. The molecule has 1 atom stereocenters. The minimum atomic E-state index is -0.209. The Balaban J connectivity index is 2.00. The van der Waals surface area contributed by atoms with Gasteiger partial charge in [-0.3, -0.25) is 0 Å². The summed E-state index contributed by atoms with van der Waals surface area (Å²) in [6.45, 7) is 4.96. The van der Waals surface area contributed by atoms with Crippen LogP contribution >= 0.6 is 0 Å². The smallest absolute Gasteiger partial charge is 0.161 e. The van der Waals surface area contributed by atoms with Crippen molar-refractivity contribution >= 4 is 0 Å². The molecule has 1 heterocycles. The summed E-state index contributed by atoms with van der Waals surface area (Å²) in [6, 6.07) is 7.74. The highest BCUT2D eigenvalue weighted by Gasteiger charge is 2.34. The van der Waals surface area contributed by atoms with Crippen molar-refractivity contribution in [1.29, 1.82) is 0 Å². The molecule has 0 spiro atoms. The van der Waals surface area contributed by atoms with Crippen LogP contribution in [-0.4, -0.2) is 39.0 Å². The van der Waals surface area contributed by atoms with Crippen molar-refractivity contribution < 1.29 is 14.2 Å². The molecule has 1 aliphatic rings. The fraction of sp³-hybridized carbons (Fsp3) is 0.571. The lowest BCUT2D eigenvalue weighted by atomic mass is 10.1. The van der Waals surface area contributed by atoms with Crippen molar-refractivity contribution in [2.24, 2.45) is 0 Å². The second-order valence-electron chi connectivity index (χ2n) is 4.48. The predicted octanol–water partition coefficient (Wildman–Crippen LogP) is 1.84. The summed E-state index contributed by atoms with van der Waals surface area (Å²) in [4.78, 5) is 0. The second-order valence-corrected chi connectivity index (χ2v) is 4.48. The van der Waals surface area contributed by atoms with Gasteiger partial charge < -0.3 is 19.5 Å².